The number of halogens is 1. The quantitative estimate of drug-likeness (QED) is 0.363. The summed E-state index contributed by atoms with van der Waals surface area (Å²) in [5.41, 5.74) is 7.26. The number of hydrogen-bond donors (Lipinski definition) is 2. The lowest BCUT2D eigenvalue weighted by molar-refractivity contribution is -0.116. The Morgan fingerprint density at radius 2 is 1.58 bits per heavy atom. The zero-order valence-electron chi connectivity index (χ0n) is 20.7. The van der Waals surface area contributed by atoms with Crippen LogP contribution in [0.2, 0.25) is 5.02 Å². The van der Waals surface area contributed by atoms with E-state index in [1.165, 1.54) is 0 Å². The summed E-state index contributed by atoms with van der Waals surface area (Å²) in [5, 5.41) is 21.7. The van der Waals surface area contributed by atoms with Crippen LogP contribution in [0.3, 0.4) is 0 Å². The van der Waals surface area contributed by atoms with Gasteiger partial charge in [-0.25, -0.2) is 0 Å². The van der Waals surface area contributed by atoms with Crippen molar-refractivity contribution in [1.29, 1.82) is 5.41 Å². The number of allylic oxidation sites excluding steroid dienone is 2. The molecule has 0 bridgehead atoms. The van der Waals surface area contributed by atoms with Gasteiger partial charge in [-0.05, 0) is 56.9 Å². The van der Waals surface area contributed by atoms with Gasteiger partial charge in [-0.15, -0.1) is 0 Å². The normalized spacial score (nSPS) is 19.4. The zero-order chi connectivity index (χ0) is 25.6. The third kappa shape index (κ3) is 4.16. The minimum absolute atomic E-state index is 0.0127. The Labute approximate surface area is 217 Å². The first-order chi connectivity index (χ1) is 17.3. The van der Waals surface area contributed by atoms with Gasteiger partial charge in [0.2, 0.25) is 0 Å². The van der Waals surface area contributed by atoms with Gasteiger partial charge in [0, 0.05) is 45.5 Å². The summed E-state index contributed by atoms with van der Waals surface area (Å²) in [6.45, 7) is 5.95. The standard InChI is InChI=1S/C31H29ClN2O2/c1-18-7-12-21(13-8-18)27-28-25(5-4-6-26(28)35)34(23-16-11-20(3)24(32)17-23)31(33)29(27)30(36)22-14-9-19(2)10-15-22/h7-17,27,33,36H,4-6H2,1-3H3/b30-29+,33-31?. The molecular formula is C31H29ClN2O2. The van der Waals surface area contributed by atoms with Crippen LogP contribution in [0.15, 0.2) is 83.6 Å². The van der Waals surface area contributed by atoms with E-state index in [0.717, 1.165) is 40.1 Å². The monoisotopic (exact) mass is 496 g/mol. The predicted molar refractivity (Wildman–Crippen MR) is 147 cm³/mol. The number of nitrogens with one attached hydrogen (secondary N) is 1. The summed E-state index contributed by atoms with van der Waals surface area (Å²) in [6.07, 6.45) is 1.86. The molecule has 4 nitrogen and oxygen atoms in total. The van der Waals surface area contributed by atoms with Crippen molar-refractivity contribution in [1.82, 2.24) is 0 Å². The van der Waals surface area contributed by atoms with Crippen molar-refractivity contribution in [3.05, 3.63) is 116 Å². The molecule has 1 heterocycles. The number of rotatable bonds is 3. The molecule has 2 aliphatic rings. The Hall–Kier alpha value is -3.63. The molecule has 1 aliphatic carbocycles. The number of anilines is 1. The van der Waals surface area contributed by atoms with Gasteiger partial charge in [-0.3, -0.25) is 15.1 Å². The number of benzene rings is 3. The molecule has 182 valence electrons. The average molecular weight is 497 g/mol. The van der Waals surface area contributed by atoms with Crippen LogP contribution in [0.25, 0.3) is 5.76 Å². The smallest absolute Gasteiger partial charge is 0.161 e. The number of amidine groups is 1. The summed E-state index contributed by atoms with van der Waals surface area (Å²) in [7, 11) is 0. The molecule has 36 heavy (non-hydrogen) atoms. The number of hydrogen-bond acceptors (Lipinski definition) is 3. The number of ketones is 1. The number of aliphatic hydroxyl groups excluding tert-OH is 1. The van der Waals surface area contributed by atoms with E-state index in [-0.39, 0.29) is 17.4 Å². The fourth-order valence-corrected chi connectivity index (χ4v) is 5.33. The van der Waals surface area contributed by atoms with Crippen LogP contribution in [-0.4, -0.2) is 16.7 Å². The Morgan fingerprint density at radius 3 is 2.22 bits per heavy atom. The number of nitrogens with zero attached hydrogens (tertiary/aromatic N) is 1. The van der Waals surface area contributed by atoms with E-state index in [9.17, 15) is 15.3 Å². The third-order valence-corrected chi connectivity index (χ3v) is 7.57. The Bertz CT molecular complexity index is 1430. The van der Waals surface area contributed by atoms with Crippen molar-refractivity contribution in [3.63, 3.8) is 0 Å². The van der Waals surface area contributed by atoms with E-state index >= 15 is 0 Å². The summed E-state index contributed by atoms with van der Waals surface area (Å²) in [6, 6.07) is 21.3. The van der Waals surface area contributed by atoms with Crippen molar-refractivity contribution in [2.24, 2.45) is 0 Å². The highest BCUT2D eigenvalue weighted by molar-refractivity contribution is 6.32. The van der Waals surface area contributed by atoms with Crippen molar-refractivity contribution in [2.45, 2.75) is 46.0 Å². The molecular weight excluding hydrogens is 468 g/mol. The molecule has 0 fully saturated rings. The lowest BCUT2D eigenvalue weighted by Crippen LogP contribution is -2.42. The number of aliphatic hydroxyl groups is 1. The van der Waals surface area contributed by atoms with Gasteiger partial charge >= 0.3 is 0 Å². The van der Waals surface area contributed by atoms with Gasteiger partial charge in [0.1, 0.15) is 11.6 Å². The highest BCUT2D eigenvalue weighted by Crippen LogP contribution is 2.48. The summed E-state index contributed by atoms with van der Waals surface area (Å²) < 4.78 is 0. The summed E-state index contributed by atoms with van der Waals surface area (Å²) in [4.78, 5) is 15.4. The molecule has 0 radical (unpaired) electrons. The maximum atomic E-state index is 13.5. The SMILES string of the molecule is Cc1ccc(/C(O)=C2\C(=N)N(c3ccc(C)c(Cl)c3)C3=C(C(=O)CCC3)C2c2ccc(C)cc2)cc1. The van der Waals surface area contributed by atoms with Gasteiger partial charge in [-0.2, -0.15) is 0 Å². The first kappa shape index (κ1) is 24.1. The van der Waals surface area contributed by atoms with Crippen LogP contribution in [0.5, 0.6) is 0 Å². The van der Waals surface area contributed by atoms with Crippen molar-refractivity contribution in [3.8, 4) is 0 Å². The van der Waals surface area contributed by atoms with Crippen LogP contribution < -0.4 is 4.90 Å². The van der Waals surface area contributed by atoms with Gasteiger partial charge in [0.25, 0.3) is 0 Å². The molecule has 1 atom stereocenters. The molecule has 5 heteroatoms. The summed E-state index contributed by atoms with van der Waals surface area (Å²) in [5.74, 6) is -0.295. The Kier molecular flexibility index (Phi) is 6.31. The van der Waals surface area contributed by atoms with E-state index < -0.39 is 5.92 Å². The zero-order valence-corrected chi connectivity index (χ0v) is 21.5. The van der Waals surface area contributed by atoms with E-state index in [0.29, 0.717) is 34.6 Å². The second-order valence-electron chi connectivity index (χ2n) is 9.73. The second-order valence-corrected chi connectivity index (χ2v) is 10.1. The topological polar surface area (TPSA) is 64.4 Å². The minimum Gasteiger partial charge on any atom is -0.507 e. The lowest BCUT2D eigenvalue weighted by atomic mass is 9.73. The molecule has 0 amide bonds. The van der Waals surface area contributed by atoms with E-state index in [4.69, 9.17) is 11.6 Å². The second kappa shape index (κ2) is 9.44. The van der Waals surface area contributed by atoms with Crippen LogP contribution >= 0.6 is 11.6 Å². The average Bonchev–Trinajstić information content (AvgIpc) is 2.86. The molecule has 2 N–H and O–H groups in total. The number of aryl methyl sites for hydroxylation is 3. The Morgan fingerprint density at radius 1 is 0.944 bits per heavy atom. The maximum Gasteiger partial charge on any atom is 0.161 e. The predicted octanol–water partition coefficient (Wildman–Crippen LogP) is 7.82. The molecule has 0 saturated heterocycles. The molecule has 1 unspecified atom stereocenters. The fraction of sp³-hybridized carbons (Fsp3) is 0.226. The molecule has 3 aromatic carbocycles. The van der Waals surface area contributed by atoms with Crippen molar-refractivity contribution in [2.75, 3.05) is 4.90 Å². The fourth-order valence-electron chi connectivity index (χ4n) is 5.16. The maximum absolute atomic E-state index is 13.5. The minimum atomic E-state index is -0.528. The van der Waals surface area contributed by atoms with Gasteiger partial charge in [0.15, 0.2) is 5.78 Å². The van der Waals surface area contributed by atoms with Crippen molar-refractivity contribution >= 4 is 34.7 Å². The molecule has 5 rings (SSSR count). The number of carbonyl (C=O) groups excluding carboxylic acids is 1. The molecule has 3 aromatic rings. The van der Waals surface area contributed by atoms with Crippen LogP contribution in [0.4, 0.5) is 5.69 Å². The van der Waals surface area contributed by atoms with Gasteiger partial charge in [0.05, 0.1) is 0 Å². The molecule has 0 spiro atoms. The van der Waals surface area contributed by atoms with Crippen LogP contribution in [-0.2, 0) is 4.79 Å². The molecule has 1 aliphatic heterocycles. The first-order valence-electron chi connectivity index (χ1n) is 12.2. The molecule has 0 saturated carbocycles. The van der Waals surface area contributed by atoms with Crippen molar-refractivity contribution < 1.29 is 9.90 Å². The van der Waals surface area contributed by atoms with E-state index in [1.54, 1.807) is 0 Å². The highest BCUT2D eigenvalue weighted by Gasteiger charge is 2.43. The number of Topliss-reactive ketones (excluding diaryl/α,β-unsaturated/α-hetero) is 1. The van der Waals surface area contributed by atoms with Crippen LogP contribution in [0.1, 0.15) is 53.0 Å². The van der Waals surface area contributed by atoms with Crippen LogP contribution in [0, 0.1) is 26.2 Å². The number of carbonyl (C=O) groups is 1. The van der Waals surface area contributed by atoms with Gasteiger partial charge in [-0.1, -0.05) is 77.3 Å². The largest absolute Gasteiger partial charge is 0.507 e. The lowest BCUT2D eigenvalue weighted by Gasteiger charge is -2.42. The van der Waals surface area contributed by atoms with Gasteiger partial charge < -0.3 is 5.11 Å². The van der Waals surface area contributed by atoms with E-state index in [1.807, 2.05) is 92.4 Å². The first-order valence-corrected chi connectivity index (χ1v) is 12.6. The molecule has 0 aromatic heterocycles. The summed E-state index contributed by atoms with van der Waals surface area (Å²) >= 11 is 6.49. The third-order valence-electron chi connectivity index (χ3n) is 7.16. The highest BCUT2D eigenvalue weighted by atomic mass is 35.5. The van der Waals surface area contributed by atoms with E-state index in [2.05, 4.69) is 0 Å². The Balaban J connectivity index is 1.82.